The summed E-state index contributed by atoms with van der Waals surface area (Å²) in [5, 5.41) is 13.2. The van der Waals surface area contributed by atoms with E-state index in [-0.39, 0.29) is 12.2 Å². The van der Waals surface area contributed by atoms with Gasteiger partial charge in [-0.15, -0.1) is 0 Å². The Morgan fingerprint density at radius 1 is 1.29 bits per heavy atom. The molecule has 1 aromatic carbocycles. The fourth-order valence-corrected chi connectivity index (χ4v) is 4.72. The van der Waals surface area contributed by atoms with Crippen LogP contribution in [-0.2, 0) is 23.4 Å². The molecule has 186 valence electrons. The summed E-state index contributed by atoms with van der Waals surface area (Å²) in [7, 11) is -3.91. The van der Waals surface area contributed by atoms with E-state index < -0.39 is 49.7 Å². The van der Waals surface area contributed by atoms with E-state index in [1.807, 2.05) is 4.98 Å². The van der Waals surface area contributed by atoms with Gasteiger partial charge in [-0.1, -0.05) is 18.2 Å². The average Bonchev–Trinajstić information content (AvgIpc) is 2.96. The molecule has 2 aromatic rings. The van der Waals surface area contributed by atoms with Crippen molar-refractivity contribution >= 4 is 13.9 Å². The Balaban J connectivity index is 0.00000129. The minimum Gasteiger partial charge on any atom is -0.413 e. The van der Waals surface area contributed by atoms with Crippen LogP contribution in [0.15, 0.2) is 52.2 Å². The van der Waals surface area contributed by atoms with Crippen molar-refractivity contribution in [2.45, 2.75) is 50.9 Å². The number of H-pyrrole nitrogens is 1. The van der Waals surface area contributed by atoms with Crippen molar-refractivity contribution < 1.29 is 37.4 Å². The quantitative estimate of drug-likeness (QED) is 0.447. The number of nitrogens with zero attached hydrogens (tertiary/aromatic N) is 1. The zero-order valence-corrected chi connectivity index (χ0v) is 19.4. The minimum atomic E-state index is -3.91. The Morgan fingerprint density at radius 2 is 1.91 bits per heavy atom. The Bertz CT molecular complexity index is 1150. The third kappa shape index (κ3) is 6.80. The second-order valence-corrected chi connectivity index (χ2v) is 9.40. The molecule has 0 spiro atoms. The molecule has 3 rings (SSSR count). The molecule has 2 heterocycles. The fraction of sp³-hybridized carbons (Fsp3) is 0.450. The maximum absolute atomic E-state index is 15.3. The molecule has 1 aromatic heterocycles. The summed E-state index contributed by atoms with van der Waals surface area (Å²) in [4.78, 5) is 41.6. The van der Waals surface area contributed by atoms with Gasteiger partial charge in [0.05, 0.1) is 6.61 Å². The molecular formula is C20H25FN3O9P. The normalized spacial score (nSPS) is 25.6. The lowest BCUT2D eigenvalue weighted by molar-refractivity contribution is -0.191. The monoisotopic (exact) mass is 501 g/mol. The molecule has 0 amide bonds. The molecule has 5 atom stereocenters. The highest BCUT2D eigenvalue weighted by molar-refractivity contribution is 7.52. The number of hydrogen-bond donors (Lipinski definition) is 3. The zero-order valence-electron chi connectivity index (χ0n) is 18.5. The van der Waals surface area contributed by atoms with Gasteiger partial charge in [-0.05, 0) is 32.9 Å². The summed E-state index contributed by atoms with van der Waals surface area (Å²) < 4.78 is 45.8. The number of benzene rings is 1. The molecule has 0 aliphatic carbocycles. The van der Waals surface area contributed by atoms with Gasteiger partial charge in [0.25, 0.3) is 5.56 Å². The van der Waals surface area contributed by atoms with Crippen LogP contribution >= 0.6 is 7.75 Å². The van der Waals surface area contributed by atoms with Gasteiger partial charge in [-0.2, -0.15) is 9.59 Å². The van der Waals surface area contributed by atoms with Gasteiger partial charge < -0.3 is 14.4 Å². The van der Waals surface area contributed by atoms with Gasteiger partial charge in [0, 0.05) is 18.3 Å². The molecule has 0 saturated carbocycles. The van der Waals surface area contributed by atoms with Crippen LogP contribution in [0.25, 0.3) is 0 Å². The van der Waals surface area contributed by atoms with E-state index >= 15 is 4.39 Å². The number of aromatic amines is 1. The predicted octanol–water partition coefficient (Wildman–Crippen LogP) is 1.14. The molecule has 0 radical (unpaired) electrons. The highest BCUT2D eigenvalue weighted by Gasteiger charge is 2.55. The van der Waals surface area contributed by atoms with Gasteiger partial charge in [0.2, 0.25) is 0 Å². The Morgan fingerprint density at radius 3 is 2.47 bits per heavy atom. The van der Waals surface area contributed by atoms with Gasteiger partial charge in [0.1, 0.15) is 18.0 Å². The van der Waals surface area contributed by atoms with E-state index in [0.717, 1.165) is 23.8 Å². The second-order valence-electron chi connectivity index (χ2n) is 7.71. The average molecular weight is 501 g/mol. The lowest BCUT2D eigenvalue weighted by Crippen LogP contribution is -2.43. The molecule has 1 aliphatic rings. The molecule has 12 nitrogen and oxygen atoms in total. The van der Waals surface area contributed by atoms with E-state index in [1.165, 1.54) is 0 Å². The number of hydrogen-bond acceptors (Lipinski definition) is 9. The van der Waals surface area contributed by atoms with E-state index in [1.54, 1.807) is 44.2 Å². The number of rotatable bonds is 8. The predicted molar refractivity (Wildman–Crippen MR) is 115 cm³/mol. The summed E-state index contributed by atoms with van der Waals surface area (Å²) >= 11 is 0. The third-order valence-electron chi connectivity index (χ3n) is 4.61. The van der Waals surface area contributed by atoms with Crippen LogP contribution in [0.3, 0.4) is 0 Å². The number of alkyl halides is 1. The summed E-state index contributed by atoms with van der Waals surface area (Å²) in [6.45, 7) is 4.05. The highest BCUT2D eigenvalue weighted by Crippen LogP contribution is 2.47. The number of carbonyl (C=O) groups excluding carboxylic acids is 2. The van der Waals surface area contributed by atoms with Crippen LogP contribution in [0, 0.1) is 0 Å². The first kappa shape index (κ1) is 27.3. The first-order valence-corrected chi connectivity index (χ1v) is 11.6. The lowest BCUT2D eigenvalue weighted by atomic mass is 9.98. The molecule has 14 heteroatoms. The number of para-hydroxylation sites is 1. The van der Waals surface area contributed by atoms with Gasteiger partial charge >= 0.3 is 19.6 Å². The number of nitrogens with one attached hydrogen (secondary N) is 2. The first-order chi connectivity index (χ1) is 15.9. The zero-order chi connectivity index (χ0) is 25.5. The molecule has 34 heavy (non-hydrogen) atoms. The van der Waals surface area contributed by atoms with Crippen molar-refractivity contribution in [1.29, 1.82) is 0 Å². The highest BCUT2D eigenvalue weighted by atomic mass is 31.2. The smallest absolute Gasteiger partial charge is 0.413 e. The Hall–Kier alpha value is -2.92. The first-order valence-electron chi connectivity index (χ1n) is 10.0. The minimum absolute atomic E-state index is 0.250. The van der Waals surface area contributed by atoms with Crippen molar-refractivity contribution in [1.82, 2.24) is 14.6 Å². The maximum atomic E-state index is 15.3. The Labute approximate surface area is 193 Å². The largest absolute Gasteiger partial charge is 0.459 e. The maximum Gasteiger partial charge on any atom is 0.459 e. The number of aromatic nitrogens is 2. The number of ether oxygens (including phenoxy) is 1. The van der Waals surface area contributed by atoms with Crippen molar-refractivity contribution in [3.05, 3.63) is 63.4 Å². The van der Waals surface area contributed by atoms with E-state index in [0.29, 0.717) is 5.75 Å². The summed E-state index contributed by atoms with van der Waals surface area (Å²) in [6, 6.07) is 9.10. The number of halogens is 1. The SMILES string of the molecule is CC(C)NP(=O)(OC[C@H]1O[C@@H](n2ccc(=O)[nH]c2=O)[C@](C)(F)[C@H]1O)Oc1ccccc1.O=C=O. The molecule has 1 aliphatic heterocycles. The third-order valence-corrected chi connectivity index (χ3v) is 6.39. The standard InChI is InChI=1S/C19H25FN3O7P.CO2/c1-12(2)22-31(27,30-13-7-5-4-6-8-13)28-11-14-16(25)19(3,20)17(29-14)23-10-9-15(24)21-18(23)26;2-1-3/h4-10,12,14,16-17,25H,11H2,1-3H3,(H,22,27)(H,21,24,26);/t14-,16+,17-,19-,31?;/m1./s1. The molecule has 1 fully saturated rings. The van der Waals surface area contributed by atoms with Gasteiger partial charge in [-0.25, -0.2) is 18.8 Å². The van der Waals surface area contributed by atoms with Crippen molar-refractivity contribution in [3.8, 4) is 5.75 Å². The molecular weight excluding hydrogens is 476 g/mol. The van der Waals surface area contributed by atoms with Crippen LogP contribution in [0.4, 0.5) is 4.39 Å². The molecule has 3 N–H and O–H groups in total. The Kier molecular flexibility index (Phi) is 9.22. The second kappa shape index (κ2) is 11.5. The topological polar surface area (TPSA) is 166 Å². The molecule has 1 saturated heterocycles. The molecule has 1 unspecified atom stereocenters. The van der Waals surface area contributed by atoms with E-state index in [9.17, 15) is 19.3 Å². The van der Waals surface area contributed by atoms with Gasteiger partial charge in [-0.3, -0.25) is 18.9 Å². The number of aliphatic hydroxyl groups excluding tert-OH is 1. The van der Waals surface area contributed by atoms with Crippen LogP contribution in [-0.4, -0.2) is 51.3 Å². The van der Waals surface area contributed by atoms with Crippen molar-refractivity contribution in [3.63, 3.8) is 0 Å². The van der Waals surface area contributed by atoms with Crippen molar-refractivity contribution in [2.75, 3.05) is 6.61 Å². The molecule has 0 bridgehead atoms. The summed E-state index contributed by atoms with van der Waals surface area (Å²) in [5.41, 5.74) is -3.94. The summed E-state index contributed by atoms with van der Waals surface area (Å²) in [6.07, 6.45) is -3.18. The van der Waals surface area contributed by atoms with Gasteiger partial charge in [0.15, 0.2) is 11.9 Å². The fourth-order valence-electron chi connectivity index (χ4n) is 3.16. The van der Waals surface area contributed by atoms with Crippen LogP contribution in [0.1, 0.15) is 27.0 Å². The lowest BCUT2D eigenvalue weighted by Gasteiger charge is -2.25. The van der Waals surface area contributed by atoms with E-state index in [4.69, 9.17) is 23.4 Å². The van der Waals surface area contributed by atoms with Crippen LogP contribution < -0.4 is 20.9 Å². The number of aliphatic hydroxyl groups is 1. The van der Waals surface area contributed by atoms with Crippen LogP contribution in [0.5, 0.6) is 5.75 Å². The van der Waals surface area contributed by atoms with E-state index in [2.05, 4.69) is 5.09 Å². The van der Waals surface area contributed by atoms with Crippen LogP contribution in [0.2, 0.25) is 0 Å². The van der Waals surface area contributed by atoms with Crippen molar-refractivity contribution in [2.24, 2.45) is 0 Å². The summed E-state index contributed by atoms with van der Waals surface area (Å²) in [5.74, 6) is 0.292.